The second-order valence-corrected chi connectivity index (χ2v) is 7.10. The predicted molar refractivity (Wildman–Crippen MR) is 110 cm³/mol. The quantitative estimate of drug-likeness (QED) is 0.693. The molecule has 0 radical (unpaired) electrons. The molecule has 0 unspecified atom stereocenters. The van der Waals surface area contributed by atoms with Crippen LogP contribution in [0, 0.1) is 0 Å². The van der Waals surface area contributed by atoms with Crippen LogP contribution < -0.4 is 14.2 Å². The predicted octanol–water partition coefficient (Wildman–Crippen LogP) is 3.37. The lowest BCUT2D eigenvalue weighted by atomic mass is 9.93. The molecule has 1 aliphatic heterocycles. The highest BCUT2D eigenvalue weighted by molar-refractivity contribution is 5.78. The summed E-state index contributed by atoms with van der Waals surface area (Å²) in [7, 11) is 3.13. The van der Waals surface area contributed by atoms with Crippen molar-refractivity contribution in [3.8, 4) is 17.2 Å². The number of fused-ring (bicyclic) bond motifs is 1. The number of carbonyl (C=O) groups is 1. The lowest BCUT2D eigenvalue weighted by Gasteiger charge is -2.31. The van der Waals surface area contributed by atoms with E-state index in [2.05, 4.69) is 16.0 Å². The van der Waals surface area contributed by atoms with E-state index in [9.17, 15) is 4.79 Å². The fraction of sp³-hybridized carbons (Fsp3) is 0.364. The topological polar surface area (TPSA) is 76.7 Å². The van der Waals surface area contributed by atoms with Gasteiger partial charge < -0.3 is 24.1 Å². The van der Waals surface area contributed by atoms with Gasteiger partial charge in [-0.05, 0) is 43.2 Å². The van der Waals surface area contributed by atoms with Crippen molar-refractivity contribution in [2.24, 2.45) is 0 Å². The third-order valence-corrected chi connectivity index (χ3v) is 5.42. The first kappa shape index (κ1) is 19.1. The summed E-state index contributed by atoms with van der Waals surface area (Å²) >= 11 is 0. The van der Waals surface area contributed by atoms with Crippen molar-refractivity contribution < 1.29 is 19.0 Å². The van der Waals surface area contributed by atoms with Crippen molar-refractivity contribution >= 4 is 16.9 Å². The Hall–Kier alpha value is -3.22. The summed E-state index contributed by atoms with van der Waals surface area (Å²) in [6, 6.07) is 11.5. The molecule has 1 N–H and O–H groups in total. The van der Waals surface area contributed by atoms with Crippen LogP contribution in [0.15, 0.2) is 42.6 Å². The monoisotopic (exact) mass is 395 g/mol. The Labute approximate surface area is 169 Å². The molecule has 0 spiro atoms. The van der Waals surface area contributed by atoms with E-state index in [0.29, 0.717) is 36.3 Å². The molecule has 0 atom stereocenters. The minimum absolute atomic E-state index is 0.0327. The molecular formula is C22H25N3O4. The Balaban J connectivity index is 1.35. The van der Waals surface area contributed by atoms with E-state index in [1.807, 2.05) is 23.1 Å². The van der Waals surface area contributed by atoms with Crippen molar-refractivity contribution in [1.29, 1.82) is 0 Å². The van der Waals surface area contributed by atoms with Gasteiger partial charge in [-0.2, -0.15) is 0 Å². The number of likely N-dealkylation sites (tertiary alicyclic amines) is 1. The van der Waals surface area contributed by atoms with Gasteiger partial charge in [0, 0.05) is 30.9 Å². The summed E-state index contributed by atoms with van der Waals surface area (Å²) in [5.74, 6) is 1.91. The number of methoxy groups -OCH3 is 2. The van der Waals surface area contributed by atoms with E-state index in [1.54, 1.807) is 32.5 Å². The number of aromatic nitrogens is 2. The number of piperidine rings is 1. The molecule has 4 rings (SSSR count). The number of ether oxygens (including phenoxy) is 3. The number of H-pyrrole nitrogens is 1. The highest BCUT2D eigenvalue weighted by Crippen LogP contribution is 2.37. The van der Waals surface area contributed by atoms with Gasteiger partial charge in [-0.1, -0.05) is 6.07 Å². The average Bonchev–Trinajstić information content (AvgIpc) is 3.21. The minimum Gasteiger partial charge on any atom is -0.493 e. The molecule has 3 heterocycles. The largest absolute Gasteiger partial charge is 0.493 e. The fourth-order valence-corrected chi connectivity index (χ4v) is 3.82. The summed E-state index contributed by atoms with van der Waals surface area (Å²) in [5, 5.41) is 0. The second-order valence-electron chi connectivity index (χ2n) is 7.10. The van der Waals surface area contributed by atoms with Gasteiger partial charge in [0.25, 0.3) is 5.91 Å². The van der Waals surface area contributed by atoms with Gasteiger partial charge in [0.15, 0.2) is 18.1 Å². The molecule has 7 heteroatoms. The number of nitrogens with zero attached hydrogens (tertiary/aromatic N) is 2. The first-order chi connectivity index (χ1) is 14.2. The molecular weight excluding hydrogens is 370 g/mol. The van der Waals surface area contributed by atoms with Gasteiger partial charge in [0.1, 0.15) is 0 Å². The highest BCUT2D eigenvalue weighted by atomic mass is 16.5. The Morgan fingerprint density at radius 1 is 1.14 bits per heavy atom. The van der Waals surface area contributed by atoms with E-state index >= 15 is 0 Å². The van der Waals surface area contributed by atoms with Crippen molar-refractivity contribution in [1.82, 2.24) is 14.9 Å². The Kier molecular flexibility index (Phi) is 5.55. The normalized spacial score (nSPS) is 14.8. The standard InChI is InChI=1S/C22H25N3O4/c1-27-19-6-3-7-20(28-2)22(19)29-14-21(26)25-11-8-15(9-12-25)17-13-18-16(24-17)5-4-10-23-18/h3-7,10,13,15,24H,8-9,11-12,14H2,1-2H3. The van der Waals surface area contributed by atoms with E-state index < -0.39 is 0 Å². The van der Waals surface area contributed by atoms with Gasteiger partial charge in [-0.25, -0.2) is 0 Å². The van der Waals surface area contributed by atoms with Crippen LogP contribution >= 0.6 is 0 Å². The number of para-hydroxylation sites is 1. The average molecular weight is 395 g/mol. The zero-order valence-electron chi connectivity index (χ0n) is 16.7. The highest BCUT2D eigenvalue weighted by Gasteiger charge is 2.25. The molecule has 1 amide bonds. The zero-order valence-corrected chi connectivity index (χ0v) is 16.7. The summed E-state index contributed by atoms with van der Waals surface area (Å²) in [6.45, 7) is 1.37. The van der Waals surface area contributed by atoms with Crippen LogP contribution in [0.2, 0.25) is 0 Å². The van der Waals surface area contributed by atoms with Crippen LogP contribution in [-0.2, 0) is 4.79 Å². The molecule has 1 aromatic carbocycles. The van der Waals surface area contributed by atoms with Gasteiger partial charge in [0.2, 0.25) is 5.75 Å². The van der Waals surface area contributed by atoms with Crippen LogP contribution in [0.3, 0.4) is 0 Å². The summed E-state index contributed by atoms with van der Waals surface area (Å²) < 4.78 is 16.4. The van der Waals surface area contributed by atoms with E-state index in [0.717, 1.165) is 23.9 Å². The number of carbonyl (C=O) groups excluding carboxylic acids is 1. The number of rotatable bonds is 6. The maximum Gasteiger partial charge on any atom is 0.260 e. The number of hydrogen-bond acceptors (Lipinski definition) is 5. The van der Waals surface area contributed by atoms with E-state index in [4.69, 9.17) is 14.2 Å². The van der Waals surface area contributed by atoms with Crippen molar-refractivity contribution in [2.75, 3.05) is 33.9 Å². The second kappa shape index (κ2) is 8.43. The number of nitrogens with one attached hydrogen (secondary N) is 1. The summed E-state index contributed by atoms with van der Waals surface area (Å²) in [4.78, 5) is 22.4. The summed E-state index contributed by atoms with van der Waals surface area (Å²) in [6.07, 6.45) is 3.63. The number of hydrogen-bond donors (Lipinski definition) is 1. The van der Waals surface area contributed by atoms with Crippen LogP contribution in [0.5, 0.6) is 17.2 Å². The van der Waals surface area contributed by atoms with Crippen LogP contribution in [0.4, 0.5) is 0 Å². The molecule has 7 nitrogen and oxygen atoms in total. The van der Waals surface area contributed by atoms with Crippen molar-refractivity contribution in [3.63, 3.8) is 0 Å². The SMILES string of the molecule is COc1cccc(OC)c1OCC(=O)N1CCC(c2cc3ncccc3[nH]2)CC1. The molecule has 0 bridgehead atoms. The number of amides is 1. The van der Waals surface area contributed by atoms with Crippen molar-refractivity contribution in [3.05, 3.63) is 48.3 Å². The zero-order chi connectivity index (χ0) is 20.2. The lowest BCUT2D eigenvalue weighted by molar-refractivity contribution is -0.134. The van der Waals surface area contributed by atoms with Gasteiger partial charge >= 0.3 is 0 Å². The van der Waals surface area contributed by atoms with Crippen LogP contribution in [-0.4, -0.2) is 54.7 Å². The van der Waals surface area contributed by atoms with Gasteiger partial charge in [-0.3, -0.25) is 9.78 Å². The first-order valence-corrected chi connectivity index (χ1v) is 9.74. The van der Waals surface area contributed by atoms with Crippen LogP contribution in [0.1, 0.15) is 24.5 Å². The van der Waals surface area contributed by atoms with E-state index in [-0.39, 0.29) is 12.5 Å². The molecule has 2 aromatic heterocycles. The minimum atomic E-state index is -0.0439. The third-order valence-electron chi connectivity index (χ3n) is 5.42. The Morgan fingerprint density at radius 2 is 1.86 bits per heavy atom. The summed E-state index contributed by atoms with van der Waals surface area (Å²) in [5.41, 5.74) is 3.24. The molecule has 1 fully saturated rings. The van der Waals surface area contributed by atoms with Gasteiger partial charge in [-0.15, -0.1) is 0 Å². The first-order valence-electron chi connectivity index (χ1n) is 9.74. The van der Waals surface area contributed by atoms with Gasteiger partial charge in [0.05, 0.1) is 25.3 Å². The molecule has 29 heavy (non-hydrogen) atoms. The smallest absolute Gasteiger partial charge is 0.260 e. The molecule has 152 valence electrons. The fourth-order valence-electron chi connectivity index (χ4n) is 3.82. The molecule has 0 saturated carbocycles. The Bertz CT molecular complexity index is 937. The number of pyridine rings is 1. The Morgan fingerprint density at radius 3 is 2.52 bits per heavy atom. The molecule has 1 aliphatic rings. The molecule has 0 aliphatic carbocycles. The number of aromatic amines is 1. The maximum absolute atomic E-state index is 12.7. The molecule has 3 aromatic rings. The number of benzene rings is 1. The van der Waals surface area contributed by atoms with Crippen molar-refractivity contribution in [2.45, 2.75) is 18.8 Å². The molecule has 1 saturated heterocycles. The maximum atomic E-state index is 12.7. The van der Waals surface area contributed by atoms with Crippen LogP contribution in [0.25, 0.3) is 11.0 Å². The van der Waals surface area contributed by atoms with E-state index in [1.165, 1.54) is 5.69 Å². The lowest BCUT2D eigenvalue weighted by Crippen LogP contribution is -2.40. The third kappa shape index (κ3) is 3.99.